The van der Waals surface area contributed by atoms with Gasteiger partial charge in [0.15, 0.2) is 0 Å². The minimum atomic E-state index is 1.06. The van der Waals surface area contributed by atoms with E-state index in [-0.39, 0.29) is 0 Å². The molecule has 1 rings (SSSR count). The van der Waals surface area contributed by atoms with Crippen LogP contribution in [-0.2, 0) is 6.42 Å². The number of hydrogen-bond acceptors (Lipinski definition) is 0. The van der Waals surface area contributed by atoms with Crippen LogP contribution in [0.4, 0.5) is 0 Å². The second-order valence-corrected chi connectivity index (χ2v) is 2.34. The van der Waals surface area contributed by atoms with E-state index >= 15 is 0 Å². The Morgan fingerprint density at radius 3 is 2.50 bits per heavy atom. The van der Waals surface area contributed by atoms with Crippen LogP contribution in [-0.4, -0.2) is 0 Å². The SMILES string of the molecule is C[C]CCc1ccccc1. The Hall–Kier alpha value is -0.780. The fourth-order valence-electron chi connectivity index (χ4n) is 0.914. The lowest BCUT2D eigenvalue weighted by Gasteiger charge is -1.96. The molecule has 0 unspecified atom stereocenters. The van der Waals surface area contributed by atoms with Crippen LogP contribution in [0.25, 0.3) is 0 Å². The van der Waals surface area contributed by atoms with Gasteiger partial charge in [-0.05, 0) is 24.8 Å². The lowest BCUT2D eigenvalue weighted by molar-refractivity contribution is 0.937. The minimum Gasteiger partial charge on any atom is -0.0622 e. The van der Waals surface area contributed by atoms with E-state index in [0.29, 0.717) is 0 Å². The van der Waals surface area contributed by atoms with Gasteiger partial charge in [-0.15, -0.1) is 0 Å². The molecular formula is C10H12. The van der Waals surface area contributed by atoms with E-state index in [9.17, 15) is 0 Å². The number of hydrogen-bond donors (Lipinski definition) is 0. The smallest absolute Gasteiger partial charge is 0.0204 e. The molecule has 0 N–H and O–H groups in total. The first-order chi connectivity index (χ1) is 4.93. The predicted molar refractivity (Wildman–Crippen MR) is 43.7 cm³/mol. The summed E-state index contributed by atoms with van der Waals surface area (Å²) < 4.78 is 0. The molecule has 0 heterocycles. The van der Waals surface area contributed by atoms with E-state index in [1.165, 1.54) is 5.56 Å². The van der Waals surface area contributed by atoms with Crippen molar-refractivity contribution < 1.29 is 0 Å². The zero-order valence-electron chi connectivity index (χ0n) is 6.30. The Bertz CT molecular complexity index is 165. The van der Waals surface area contributed by atoms with Gasteiger partial charge < -0.3 is 0 Å². The van der Waals surface area contributed by atoms with Crippen LogP contribution in [0.3, 0.4) is 0 Å². The summed E-state index contributed by atoms with van der Waals surface area (Å²) in [4.78, 5) is 0. The molecule has 0 fully saturated rings. The van der Waals surface area contributed by atoms with E-state index in [1.54, 1.807) is 0 Å². The summed E-state index contributed by atoms with van der Waals surface area (Å²) in [5.74, 6) is 0. The normalized spacial score (nSPS) is 9.70. The van der Waals surface area contributed by atoms with E-state index in [0.717, 1.165) is 12.8 Å². The maximum Gasteiger partial charge on any atom is -0.0204 e. The van der Waals surface area contributed by atoms with E-state index in [1.807, 2.05) is 13.0 Å². The van der Waals surface area contributed by atoms with Crippen LogP contribution < -0.4 is 0 Å². The van der Waals surface area contributed by atoms with Crippen molar-refractivity contribution in [2.24, 2.45) is 0 Å². The van der Waals surface area contributed by atoms with Crippen molar-refractivity contribution >= 4 is 0 Å². The van der Waals surface area contributed by atoms with Gasteiger partial charge >= 0.3 is 0 Å². The van der Waals surface area contributed by atoms with Crippen molar-refractivity contribution in [3.8, 4) is 0 Å². The Morgan fingerprint density at radius 1 is 1.20 bits per heavy atom. The molecule has 0 aliphatic carbocycles. The lowest BCUT2D eigenvalue weighted by Crippen LogP contribution is -1.82. The van der Waals surface area contributed by atoms with Crippen LogP contribution in [0.15, 0.2) is 30.3 Å². The van der Waals surface area contributed by atoms with Gasteiger partial charge in [0, 0.05) is 0 Å². The molecule has 1 aromatic rings. The molecule has 2 radical (unpaired) electrons. The summed E-state index contributed by atoms with van der Waals surface area (Å²) >= 11 is 0. The van der Waals surface area contributed by atoms with Crippen molar-refractivity contribution in [2.75, 3.05) is 0 Å². The van der Waals surface area contributed by atoms with Crippen LogP contribution in [0.5, 0.6) is 0 Å². The van der Waals surface area contributed by atoms with Crippen molar-refractivity contribution in [3.63, 3.8) is 0 Å². The summed E-state index contributed by atoms with van der Waals surface area (Å²) in [6.07, 6.45) is 5.30. The molecular weight excluding hydrogens is 120 g/mol. The molecule has 0 aliphatic rings. The van der Waals surface area contributed by atoms with Gasteiger partial charge in [-0.3, -0.25) is 0 Å². The Morgan fingerprint density at radius 2 is 1.90 bits per heavy atom. The molecule has 0 atom stereocenters. The summed E-state index contributed by atoms with van der Waals surface area (Å²) in [5, 5.41) is 0. The van der Waals surface area contributed by atoms with E-state index < -0.39 is 0 Å². The van der Waals surface area contributed by atoms with Crippen LogP contribution in [0, 0.1) is 6.42 Å². The van der Waals surface area contributed by atoms with Gasteiger partial charge in [-0.1, -0.05) is 37.3 Å². The van der Waals surface area contributed by atoms with Crippen molar-refractivity contribution in [1.29, 1.82) is 0 Å². The maximum absolute atomic E-state index is 3.12. The monoisotopic (exact) mass is 132 g/mol. The molecule has 0 bridgehead atoms. The molecule has 0 heteroatoms. The average molecular weight is 132 g/mol. The van der Waals surface area contributed by atoms with E-state index in [2.05, 4.69) is 30.7 Å². The van der Waals surface area contributed by atoms with Crippen LogP contribution in [0.1, 0.15) is 18.9 Å². The molecule has 10 heavy (non-hydrogen) atoms. The fraction of sp³-hybridized carbons (Fsp3) is 0.300. The number of rotatable bonds is 3. The zero-order chi connectivity index (χ0) is 7.23. The first kappa shape index (κ1) is 7.33. The number of aryl methyl sites for hydroxylation is 1. The van der Waals surface area contributed by atoms with Gasteiger partial charge in [-0.25, -0.2) is 0 Å². The molecule has 1 aromatic carbocycles. The average Bonchev–Trinajstić information content (AvgIpc) is 2.03. The third-order valence-electron chi connectivity index (χ3n) is 1.51. The highest BCUT2D eigenvalue weighted by molar-refractivity contribution is 5.14. The second kappa shape index (κ2) is 4.10. The fourth-order valence-corrected chi connectivity index (χ4v) is 0.914. The Labute approximate surface area is 62.9 Å². The molecule has 0 saturated carbocycles. The Balaban J connectivity index is 2.43. The summed E-state index contributed by atoms with van der Waals surface area (Å²) in [5.41, 5.74) is 1.40. The predicted octanol–water partition coefficient (Wildman–Crippen LogP) is 2.72. The molecule has 0 amide bonds. The third kappa shape index (κ3) is 2.22. The van der Waals surface area contributed by atoms with Crippen molar-refractivity contribution in [1.82, 2.24) is 0 Å². The van der Waals surface area contributed by atoms with Gasteiger partial charge in [-0.2, -0.15) is 0 Å². The maximum atomic E-state index is 3.12. The van der Waals surface area contributed by atoms with Crippen LogP contribution >= 0.6 is 0 Å². The largest absolute Gasteiger partial charge is 0.0622 e. The topological polar surface area (TPSA) is 0 Å². The van der Waals surface area contributed by atoms with Crippen molar-refractivity contribution in [3.05, 3.63) is 42.3 Å². The minimum absolute atomic E-state index is 1.06. The summed E-state index contributed by atoms with van der Waals surface area (Å²) in [6.45, 7) is 1.98. The molecule has 52 valence electrons. The van der Waals surface area contributed by atoms with Crippen LogP contribution in [0.2, 0.25) is 0 Å². The Kier molecular flexibility index (Phi) is 3.01. The highest BCUT2D eigenvalue weighted by Gasteiger charge is 1.87. The second-order valence-electron chi connectivity index (χ2n) is 2.34. The quantitative estimate of drug-likeness (QED) is 0.593. The molecule has 0 aromatic heterocycles. The first-order valence-electron chi connectivity index (χ1n) is 3.62. The van der Waals surface area contributed by atoms with Crippen molar-refractivity contribution in [2.45, 2.75) is 19.8 Å². The van der Waals surface area contributed by atoms with Gasteiger partial charge in [0.25, 0.3) is 0 Å². The number of benzene rings is 1. The standard InChI is InChI=1S/C10H12/c1-2-3-7-10-8-5-4-6-9-10/h4-6,8-9H,3,7H2,1H3. The number of unbranched alkanes of at least 4 members (excludes halogenated alkanes) is 1. The third-order valence-corrected chi connectivity index (χ3v) is 1.51. The summed E-state index contributed by atoms with van der Waals surface area (Å²) in [7, 11) is 0. The molecule has 0 saturated heterocycles. The van der Waals surface area contributed by atoms with Gasteiger partial charge in [0.1, 0.15) is 0 Å². The highest BCUT2D eigenvalue weighted by atomic mass is 13.9. The lowest BCUT2D eigenvalue weighted by atomic mass is 10.1. The molecule has 0 spiro atoms. The first-order valence-corrected chi connectivity index (χ1v) is 3.62. The summed E-state index contributed by atoms with van der Waals surface area (Å²) in [6, 6.07) is 10.5. The molecule has 0 aliphatic heterocycles. The highest BCUT2D eigenvalue weighted by Crippen LogP contribution is 2.02. The van der Waals surface area contributed by atoms with E-state index in [4.69, 9.17) is 0 Å². The van der Waals surface area contributed by atoms with Gasteiger partial charge in [0.05, 0.1) is 0 Å². The zero-order valence-corrected chi connectivity index (χ0v) is 6.30. The molecule has 0 nitrogen and oxygen atoms in total. The van der Waals surface area contributed by atoms with Gasteiger partial charge in [0.2, 0.25) is 0 Å².